The lowest BCUT2D eigenvalue weighted by Crippen LogP contribution is -2.27. The van der Waals surface area contributed by atoms with E-state index in [9.17, 15) is 9.59 Å². The number of aryl methyl sites for hydroxylation is 1. The van der Waals surface area contributed by atoms with Crippen LogP contribution in [0.5, 0.6) is 0 Å². The molecule has 0 bridgehead atoms. The highest BCUT2D eigenvalue weighted by molar-refractivity contribution is 7.25. The number of aromatic nitrogens is 3. The number of nitrogens with zero attached hydrogens (tertiary/aromatic N) is 3. The Balaban J connectivity index is 1.47. The summed E-state index contributed by atoms with van der Waals surface area (Å²) in [6.07, 6.45) is 1.43. The third-order valence-corrected chi connectivity index (χ3v) is 6.70. The number of hydrogen-bond donors (Lipinski definition) is 1. The zero-order valence-electron chi connectivity index (χ0n) is 16.0. The van der Waals surface area contributed by atoms with Gasteiger partial charge in [-0.05, 0) is 42.6 Å². The number of benzene rings is 1. The van der Waals surface area contributed by atoms with E-state index in [1.54, 1.807) is 11.3 Å². The number of carbonyl (C=O) groups excluding carboxylic acids is 1. The van der Waals surface area contributed by atoms with Crippen molar-refractivity contribution in [3.63, 3.8) is 0 Å². The lowest BCUT2D eigenvalue weighted by Gasteiger charge is -2.07. The van der Waals surface area contributed by atoms with Gasteiger partial charge in [-0.2, -0.15) is 0 Å². The van der Waals surface area contributed by atoms with Gasteiger partial charge in [-0.3, -0.25) is 14.2 Å². The van der Waals surface area contributed by atoms with Crippen LogP contribution in [-0.4, -0.2) is 20.4 Å². The van der Waals surface area contributed by atoms with Crippen LogP contribution in [-0.2, 0) is 11.3 Å². The summed E-state index contributed by atoms with van der Waals surface area (Å²) in [5, 5.41) is 5.67. The molecule has 0 atom stereocenters. The van der Waals surface area contributed by atoms with Crippen molar-refractivity contribution in [2.75, 3.05) is 5.32 Å². The Kier molecular flexibility index (Phi) is 4.65. The number of fused-ring (bicyclic) bond motifs is 3. The first-order valence-corrected chi connectivity index (χ1v) is 11.0. The van der Waals surface area contributed by atoms with E-state index in [4.69, 9.17) is 4.98 Å². The summed E-state index contributed by atoms with van der Waals surface area (Å²) in [6.45, 7) is 1.88. The van der Waals surface area contributed by atoms with E-state index >= 15 is 0 Å². The second-order valence-electron chi connectivity index (χ2n) is 6.90. The maximum Gasteiger partial charge on any atom is 0.271 e. The standard InChI is InChI=1S/C22H16N4O2S2/c1-13-4-6-14(7-5-13)24-18(27)11-26-12-23-19-15-8-9-16(17-3-2-10-29-17)25-21(15)30-20(19)22(26)28/h2-10,12H,11H2,1H3,(H,24,27). The molecule has 8 heteroatoms. The van der Waals surface area contributed by atoms with Gasteiger partial charge in [0.2, 0.25) is 5.91 Å². The first-order chi connectivity index (χ1) is 14.6. The SMILES string of the molecule is Cc1ccc(NC(=O)Cn2cnc3c(sc4nc(-c5cccs5)ccc43)c2=O)cc1. The Labute approximate surface area is 179 Å². The number of anilines is 1. The summed E-state index contributed by atoms with van der Waals surface area (Å²) < 4.78 is 1.84. The number of amides is 1. The van der Waals surface area contributed by atoms with Crippen molar-refractivity contribution in [1.82, 2.24) is 14.5 Å². The van der Waals surface area contributed by atoms with Crippen molar-refractivity contribution in [1.29, 1.82) is 0 Å². The molecule has 0 aliphatic heterocycles. The summed E-state index contributed by atoms with van der Waals surface area (Å²) in [6, 6.07) is 15.4. The Bertz CT molecular complexity index is 1430. The molecule has 1 amide bonds. The monoisotopic (exact) mass is 432 g/mol. The highest BCUT2D eigenvalue weighted by Gasteiger charge is 2.15. The molecular weight excluding hydrogens is 416 g/mol. The summed E-state index contributed by atoms with van der Waals surface area (Å²) >= 11 is 2.93. The third-order valence-electron chi connectivity index (χ3n) is 4.73. The second-order valence-corrected chi connectivity index (χ2v) is 8.84. The van der Waals surface area contributed by atoms with Crippen molar-refractivity contribution in [2.45, 2.75) is 13.5 Å². The van der Waals surface area contributed by atoms with E-state index in [-0.39, 0.29) is 18.0 Å². The van der Waals surface area contributed by atoms with E-state index in [1.165, 1.54) is 22.2 Å². The molecule has 0 saturated heterocycles. The van der Waals surface area contributed by atoms with Crippen LogP contribution in [0.2, 0.25) is 0 Å². The minimum absolute atomic E-state index is 0.0994. The Morgan fingerprint density at radius 1 is 1.13 bits per heavy atom. The van der Waals surface area contributed by atoms with Crippen LogP contribution in [0.25, 0.3) is 31.0 Å². The fourth-order valence-electron chi connectivity index (χ4n) is 3.22. The van der Waals surface area contributed by atoms with Crippen molar-refractivity contribution in [2.24, 2.45) is 0 Å². The summed E-state index contributed by atoms with van der Waals surface area (Å²) in [5.41, 5.74) is 3.07. The third kappa shape index (κ3) is 3.40. The molecule has 6 nitrogen and oxygen atoms in total. The van der Waals surface area contributed by atoms with Gasteiger partial charge < -0.3 is 5.32 Å². The van der Waals surface area contributed by atoms with Gasteiger partial charge in [0.05, 0.1) is 22.4 Å². The molecule has 0 fully saturated rings. The highest BCUT2D eigenvalue weighted by Crippen LogP contribution is 2.32. The smallest absolute Gasteiger partial charge is 0.271 e. The van der Waals surface area contributed by atoms with E-state index in [0.717, 1.165) is 26.4 Å². The molecule has 0 radical (unpaired) electrons. The molecule has 4 aromatic heterocycles. The van der Waals surface area contributed by atoms with Crippen LogP contribution in [0.4, 0.5) is 5.69 Å². The average molecular weight is 433 g/mol. The zero-order valence-corrected chi connectivity index (χ0v) is 17.6. The molecule has 0 aliphatic carbocycles. The van der Waals surface area contributed by atoms with Gasteiger partial charge in [0.15, 0.2) is 0 Å². The van der Waals surface area contributed by atoms with Crippen molar-refractivity contribution < 1.29 is 4.79 Å². The Morgan fingerprint density at radius 2 is 1.97 bits per heavy atom. The fourth-order valence-corrected chi connectivity index (χ4v) is 4.99. The predicted octanol–water partition coefficient (Wildman–Crippen LogP) is 4.68. The van der Waals surface area contributed by atoms with Gasteiger partial charge in [-0.1, -0.05) is 23.8 Å². The predicted molar refractivity (Wildman–Crippen MR) is 122 cm³/mol. The lowest BCUT2D eigenvalue weighted by atomic mass is 10.2. The van der Waals surface area contributed by atoms with E-state index in [1.807, 2.05) is 60.8 Å². The molecule has 5 aromatic rings. The van der Waals surface area contributed by atoms with Gasteiger partial charge in [0.25, 0.3) is 5.56 Å². The number of thiophene rings is 2. The first kappa shape index (κ1) is 18.7. The number of carbonyl (C=O) groups is 1. The van der Waals surface area contributed by atoms with Crippen molar-refractivity contribution >= 4 is 54.7 Å². The maximum atomic E-state index is 13.0. The maximum absolute atomic E-state index is 13.0. The Hall–Kier alpha value is -3.36. The number of pyridine rings is 1. The number of hydrogen-bond acceptors (Lipinski definition) is 6. The molecule has 0 spiro atoms. The van der Waals surface area contributed by atoms with E-state index in [2.05, 4.69) is 10.3 Å². The largest absolute Gasteiger partial charge is 0.325 e. The van der Waals surface area contributed by atoms with E-state index < -0.39 is 0 Å². The highest BCUT2D eigenvalue weighted by atomic mass is 32.1. The molecule has 1 aromatic carbocycles. The van der Waals surface area contributed by atoms with Crippen LogP contribution in [0.1, 0.15) is 5.56 Å². The van der Waals surface area contributed by atoms with Crippen molar-refractivity contribution in [3.05, 3.63) is 76.2 Å². The lowest BCUT2D eigenvalue weighted by molar-refractivity contribution is -0.116. The first-order valence-electron chi connectivity index (χ1n) is 9.27. The van der Waals surface area contributed by atoms with Gasteiger partial charge in [0, 0.05) is 11.1 Å². The summed E-state index contributed by atoms with van der Waals surface area (Å²) in [7, 11) is 0. The molecule has 1 N–H and O–H groups in total. The summed E-state index contributed by atoms with van der Waals surface area (Å²) in [4.78, 5) is 36.4. The molecule has 5 rings (SSSR count). The molecule has 0 unspecified atom stereocenters. The fraction of sp³-hybridized carbons (Fsp3) is 0.0909. The molecule has 0 aliphatic rings. The minimum Gasteiger partial charge on any atom is -0.325 e. The topological polar surface area (TPSA) is 76.9 Å². The second kappa shape index (κ2) is 7.47. The number of nitrogens with one attached hydrogen (secondary N) is 1. The van der Waals surface area contributed by atoms with Crippen LogP contribution in [0, 0.1) is 6.92 Å². The van der Waals surface area contributed by atoms with Crippen LogP contribution in [0.3, 0.4) is 0 Å². The van der Waals surface area contributed by atoms with Crippen molar-refractivity contribution in [3.8, 4) is 10.6 Å². The van der Waals surface area contributed by atoms with Gasteiger partial charge in [-0.25, -0.2) is 9.97 Å². The van der Waals surface area contributed by atoms with Crippen LogP contribution < -0.4 is 10.9 Å². The molecule has 4 heterocycles. The van der Waals surface area contributed by atoms with Gasteiger partial charge >= 0.3 is 0 Å². The Morgan fingerprint density at radius 3 is 2.73 bits per heavy atom. The normalized spacial score (nSPS) is 11.2. The van der Waals surface area contributed by atoms with Crippen LogP contribution in [0.15, 0.2) is 65.0 Å². The van der Waals surface area contributed by atoms with E-state index in [0.29, 0.717) is 15.9 Å². The van der Waals surface area contributed by atoms with Gasteiger partial charge in [-0.15, -0.1) is 22.7 Å². The molecular formula is C22H16N4O2S2. The number of rotatable bonds is 4. The zero-order chi connectivity index (χ0) is 20.7. The average Bonchev–Trinajstić information content (AvgIpc) is 3.40. The molecule has 148 valence electrons. The molecule has 30 heavy (non-hydrogen) atoms. The minimum atomic E-state index is -0.277. The van der Waals surface area contributed by atoms with Gasteiger partial charge in [0.1, 0.15) is 16.1 Å². The van der Waals surface area contributed by atoms with Crippen LogP contribution >= 0.6 is 22.7 Å². The summed E-state index contributed by atoms with van der Waals surface area (Å²) in [5.74, 6) is -0.277. The quantitative estimate of drug-likeness (QED) is 0.447. The molecule has 0 saturated carbocycles.